The molecule has 1 N–H and O–H groups in total. The summed E-state index contributed by atoms with van der Waals surface area (Å²) in [5.41, 5.74) is 0.688. The van der Waals surface area contributed by atoms with Gasteiger partial charge in [-0.1, -0.05) is 20.8 Å². The predicted octanol–water partition coefficient (Wildman–Crippen LogP) is 3.79. The molecule has 0 fully saturated rings. The summed E-state index contributed by atoms with van der Waals surface area (Å²) < 4.78 is 11.5. The van der Waals surface area contributed by atoms with E-state index in [0.717, 1.165) is 17.7 Å². The van der Waals surface area contributed by atoms with Gasteiger partial charge in [-0.15, -0.1) is 0 Å². The lowest BCUT2D eigenvalue weighted by Gasteiger charge is -2.17. The van der Waals surface area contributed by atoms with Crippen LogP contribution < -0.4 is 10.1 Å². The molecular weight excluding hydrogens is 266 g/mol. The van der Waals surface area contributed by atoms with Crippen LogP contribution in [-0.4, -0.2) is 24.5 Å². The molecule has 0 aliphatic rings. The van der Waals surface area contributed by atoms with Gasteiger partial charge in [-0.2, -0.15) is 0 Å². The molecule has 0 amide bonds. The first-order valence-electron chi connectivity index (χ1n) is 7.46. The van der Waals surface area contributed by atoms with Crippen molar-refractivity contribution in [3.63, 3.8) is 0 Å². The van der Waals surface area contributed by atoms with Crippen LogP contribution in [0.2, 0.25) is 0 Å². The summed E-state index contributed by atoms with van der Waals surface area (Å²) >= 11 is 0. The zero-order valence-electron chi connectivity index (χ0n) is 13.1. The zero-order chi connectivity index (χ0) is 15.4. The predicted molar refractivity (Wildman–Crippen MR) is 84.1 cm³/mol. The number of nitrogens with one attached hydrogen (secondary N) is 1. The number of hydrogen-bond donors (Lipinski definition) is 1. The van der Waals surface area contributed by atoms with E-state index in [4.69, 9.17) is 9.15 Å². The highest BCUT2D eigenvalue weighted by Crippen LogP contribution is 2.25. The van der Waals surface area contributed by atoms with Crippen molar-refractivity contribution in [3.8, 4) is 5.75 Å². The molecule has 0 aliphatic carbocycles. The number of benzene rings is 1. The Bertz CT molecular complexity index is 616. The minimum absolute atomic E-state index is 0.0168. The number of rotatable bonds is 7. The Morgan fingerprint density at radius 1 is 1.29 bits per heavy atom. The Morgan fingerprint density at radius 2 is 2.05 bits per heavy atom. The summed E-state index contributed by atoms with van der Waals surface area (Å²) in [6.45, 7) is 8.84. The molecule has 0 aliphatic heterocycles. The summed E-state index contributed by atoms with van der Waals surface area (Å²) in [4.78, 5) is 11.7. The van der Waals surface area contributed by atoms with Crippen molar-refractivity contribution in [2.24, 2.45) is 0 Å². The Morgan fingerprint density at radius 3 is 2.71 bits per heavy atom. The van der Waals surface area contributed by atoms with E-state index in [1.165, 1.54) is 0 Å². The van der Waals surface area contributed by atoms with Gasteiger partial charge in [-0.05, 0) is 25.1 Å². The molecule has 1 atom stereocenters. The summed E-state index contributed by atoms with van der Waals surface area (Å²) in [5, 5.41) is 4.26. The van der Waals surface area contributed by atoms with E-state index in [9.17, 15) is 4.79 Å². The third-order valence-electron chi connectivity index (χ3n) is 3.24. The minimum Gasteiger partial charge on any atom is -0.489 e. The maximum Gasteiger partial charge on any atom is 0.197 e. The smallest absolute Gasteiger partial charge is 0.197 e. The molecule has 0 saturated carbocycles. The van der Waals surface area contributed by atoms with E-state index in [-0.39, 0.29) is 11.9 Å². The Hall–Kier alpha value is -1.81. The lowest BCUT2D eigenvalue weighted by Crippen LogP contribution is -2.33. The molecule has 0 bridgehead atoms. The van der Waals surface area contributed by atoms with Gasteiger partial charge in [0.15, 0.2) is 11.5 Å². The van der Waals surface area contributed by atoms with Crippen LogP contribution in [0.25, 0.3) is 11.0 Å². The molecule has 0 spiro atoms. The van der Waals surface area contributed by atoms with Crippen molar-refractivity contribution in [2.75, 3.05) is 6.54 Å². The van der Waals surface area contributed by atoms with Crippen LogP contribution in [0.4, 0.5) is 0 Å². The Labute approximate surface area is 125 Å². The largest absolute Gasteiger partial charge is 0.489 e. The van der Waals surface area contributed by atoms with Gasteiger partial charge in [0, 0.05) is 30.5 Å². The highest BCUT2D eigenvalue weighted by atomic mass is 16.5. The van der Waals surface area contributed by atoms with E-state index in [1.807, 2.05) is 32.0 Å². The second-order valence-electron chi connectivity index (χ2n) is 5.58. The van der Waals surface area contributed by atoms with E-state index in [2.05, 4.69) is 19.2 Å². The van der Waals surface area contributed by atoms with Gasteiger partial charge in [-0.3, -0.25) is 4.79 Å². The molecule has 0 unspecified atom stereocenters. The number of ether oxygens (including phenoxy) is 1. The van der Waals surface area contributed by atoms with Crippen LogP contribution in [0, 0.1) is 0 Å². The maximum absolute atomic E-state index is 11.7. The maximum atomic E-state index is 11.7. The van der Waals surface area contributed by atoms with Crippen molar-refractivity contribution in [1.82, 2.24) is 5.32 Å². The molecule has 0 radical (unpaired) electrons. The highest BCUT2D eigenvalue weighted by molar-refractivity contribution is 5.97. The topological polar surface area (TPSA) is 51.5 Å². The zero-order valence-corrected chi connectivity index (χ0v) is 13.1. The third-order valence-corrected chi connectivity index (χ3v) is 3.24. The summed E-state index contributed by atoms with van der Waals surface area (Å²) in [6, 6.07) is 7.89. The van der Waals surface area contributed by atoms with Gasteiger partial charge >= 0.3 is 0 Å². The molecule has 21 heavy (non-hydrogen) atoms. The molecule has 114 valence electrons. The van der Waals surface area contributed by atoms with E-state index in [0.29, 0.717) is 23.8 Å². The number of Topliss-reactive ketones (excluding diaryl/α,β-unsaturated/α-hetero) is 1. The third kappa shape index (κ3) is 4.08. The van der Waals surface area contributed by atoms with Gasteiger partial charge in [0.25, 0.3) is 0 Å². The molecule has 1 aromatic carbocycles. The average molecular weight is 289 g/mol. The van der Waals surface area contributed by atoms with E-state index >= 15 is 0 Å². The fourth-order valence-electron chi connectivity index (χ4n) is 2.07. The second kappa shape index (κ2) is 6.76. The van der Waals surface area contributed by atoms with Crippen LogP contribution in [-0.2, 0) is 0 Å². The molecule has 0 saturated heterocycles. The Balaban J connectivity index is 2.09. The quantitative estimate of drug-likeness (QED) is 0.788. The van der Waals surface area contributed by atoms with Crippen LogP contribution in [0.15, 0.2) is 28.7 Å². The molecular formula is C17H23NO3. The monoisotopic (exact) mass is 289 g/mol. The van der Waals surface area contributed by atoms with Crippen LogP contribution in [0.3, 0.4) is 0 Å². The van der Waals surface area contributed by atoms with Gasteiger partial charge in [0.2, 0.25) is 0 Å². The average Bonchev–Trinajstić information content (AvgIpc) is 2.87. The van der Waals surface area contributed by atoms with Crippen molar-refractivity contribution >= 4 is 16.8 Å². The fraction of sp³-hybridized carbons (Fsp3) is 0.471. The number of carbonyl (C=O) groups excluding carboxylic acids is 1. The normalized spacial score (nSPS) is 12.8. The first-order valence-corrected chi connectivity index (χ1v) is 7.46. The van der Waals surface area contributed by atoms with Crippen LogP contribution in [0.5, 0.6) is 5.75 Å². The number of furan rings is 1. The highest BCUT2D eigenvalue weighted by Gasteiger charge is 2.12. The van der Waals surface area contributed by atoms with Crippen molar-refractivity contribution in [1.29, 1.82) is 0 Å². The lowest BCUT2D eigenvalue weighted by molar-refractivity contribution is 0.0963. The van der Waals surface area contributed by atoms with E-state index < -0.39 is 0 Å². The van der Waals surface area contributed by atoms with Crippen molar-refractivity contribution in [3.05, 3.63) is 30.0 Å². The molecule has 4 heteroatoms. The molecule has 2 rings (SSSR count). The lowest BCUT2D eigenvalue weighted by atomic mass is 10.2. The van der Waals surface area contributed by atoms with Crippen molar-refractivity contribution in [2.45, 2.75) is 46.3 Å². The Kier molecular flexibility index (Phi) is 5.02. The van der Waals surface area contributed by atoms with Gasteiger partial charge in [-0.25, -0.2) is 0 Å². The first kappa shape index (κ1) is 15.6. The van der Waals surface area contributed by atoms with Crippen molar-refractivity contribution < 1.29 is 13.9 Å². The standard InChI is InChI=1S/C17H23NO3/c1-5-15(19)17-8-13-6-7-14(9-16(13)21-17)20-12(4)10-18-11(2)3/h6-9,11-12,18H,5,10H2,1-4H3/t12-/m1/s1. The number of ketones is 1. The fourth-order valence-corrected chi connectivity index (χ4v) is 2.07. The minimum atomic E-state index is 0.0168. The SMILES string of the molecule is CCC(=O)c1cc2ccc(O[C@H](C)CNC(C)C)cc2o1. The molecule has 4 nitrogen and oxygen atoms in total. The number of hydrogen-bond acceptors (Lipinski definition) is 4. The van der Waals surface area contributed by atoms with Gasteiger partial charge in [0.1, 0.15) is 17.4 Å². The number of fused-ring (bicyclic) bond motifs is 1. The molecule has 1 heterocycles. The summed E-state index contributed by atoms with van der Waals surface area (Å²) in [7, 11) is 0. The van der Waals surface area contributed by atoms with Crippen LogP contribution >= 0.6 is 0 Å². The summed E-state index contributed by atoms with van der Waals surface area (Å²) in [6.07, 6.45) is 0.512. The second-order valence-corrected chi connectivity index (χ2v) is 5.58. The van der Waals surface area contributed by atoms with E-state index in [1.54, 1.807) is 6.07 Å². The first-order chi connectivity index (χ1) is 9.99. The summed E-state index contributed by atoms with van der Waals surface area (Å²) in [5.74, 6) is 1.19. The molecule has 2 aromatic rings. The van der Waals surface area contributed by atoms with Gasteiger partial charge < -0.3 is 14.5 Å². The van der Waals surface area contributed by atoms with Gasteiger partial charge in [0.05, 0.1) is 0 Å². The number of carbonyl (C=O) groups is 1. The van der Waals surface area contributed by atoms with Crippen LogP contribution in [0.1, 0.15) is 44.7 Å². The molecule has 1 aromatic heterocycles.